The Hall–Kier alpha value is -1.91. The predicted molar refractivity (Wildman–Crippen MR) is 56.3 cm³/mol. The van der Waals surface area contributed by atoms with Gasteiger partial charge in [0.2, 0.25) is 0 Å². The van der Waals surface area contributed by atoms with Crippen molar-refractivity contribution < 1.29 is 14.7 Å². The van der Waals surface area contributed by atoms with Gasteiger partial charge in [-0.25, -0.2) is 4.79 Å². The summed E-state index contributed by atoms with van der Waals surface area (Å²) in [5.41, 5.74) is -0.0774. The monoisotopic (exact) mass is 220 g/mol. The molecule has 16 heavy (non-hydrogen) atoms. The van der Waals surface area contributed by atoms with E-state index in [1.807, 2.05) is 0 Å². The van der Waals surface area contributed by atoms with Gasteiger partial charge in [-0.15, -0.1) is 0 Å². The topological polar surface area (TPSA) is 79.3 Å². The number of hydrogen-bond acceptors (Lipinski definition) is 3. The van der Waals surface area contributed by atoms with Crippen molar-refractivity contribution in [2.24, 2.45) is 5.92 Å². The average molecular weight is 220 g/mol. The molecule has 1 amide bonds. The molecule has 0 aliphatic heterocycles. The third-order valence-corrected chi connectivity index (χ3v) is 2.50. The van der Waals surface area contributed by atoms with E-state index in [-0.39, 0.29) is 11.3 Å². The van der Waals surface area contributed by atoms with Gasteiger partial charge in [-0.3, -0.25) is 9.78 Å². The van der Waals surface area contributed by atoms with Crippen LogP contribution in [0.1, 0.15) is 33.7 Å². The molecule has 0 aromatic carbocycles. The van der Waals surface area contributed by atoms with E-state index in [0.29, 0.717) is 12.5 Å². The Labute approximate surface area is 92.5 Å². The third-order valence-electron chi connectivity index (χ3n) is 2.50. The van der Waals surface area contributed by atoms with Gasteiger partial charge in [-0.1, -0.05) is 0 Å². The molecule has 0 saturated heterocycles. The van der Waals surface area contributed by atoms with Crippen LogP contribution in [0.4, 0.5) is 0 Å². The first kappa shape index (κ1) is 10.6. The van der Waals surface area contributed by atoms with Crippen molar-refractivity contribution >= 4 is 11.9 Å². The van der Waals surface area contributed by atoms with Gasteiger partial charge in [-0.2, -0.15) is 0 Å². The van der Waals surface area contributed by atoms with E-state index in [0.717, 1.165) is 12.8 Å². The van der Waals surface area contributed by atoms with Crippen LogP contribution in [0, 0.1) is 5.92 Å². The Morgan fingerprint density at radius 2 is 2.25 bits per heavy atom. The number of aromatic nitrogens is 1. The van der Waals surface area contributed by atoms with Gasteiger partial charge >= 0.3 is 5.97 Å². The minimum absolute atomic E-state index is 0.0179. The molecular formula is C11H12N2O3. The zero-order valence-electron chi connectivity index (χ0n) is 8.64. The summed E-state index contributed by atoms with van der Waals surface area (Å²) < 4.78 is 0. The summed E-state index contributed by atoms with van der Waals surface area (Å²) in [5.74, 6) is -0.990. The maximum absolute atomic E-state index is 11.7. The van der Waals surface area contributed by atoms with Crippen molar-refractivity contribution in [2.75, 3.05) is 6.54 Å². The van der Waals surface area contributed by atoms with Crippen LogP contribution < -0.4 is 5.32 Å². The molecule has 1 aliphatic carbocycles. The summed E-state index contributed by atoms with van der Waals surface area (Å²) in [4.78, 5) is 26.3. The molecule has 0 unspecified atom stereocenters. The number of carbonyl (C=O) groups excluding carboxylic acids is 1. The van der Waals surface area contributed by atoms with Crippen LogP contribution in [0.25, 0.3) is 0 Å². The van der Waals surface area contributed by atoms with Crippen LogP contribution >= 0.6 is 0 Å². The largest absolute Gasteiger partial charge is 0.478 e. The van der Waals surface area contributed by atoms with Gasteiger partial charge in [0.1, 0.15) is 5.69 Å². The SMILES string of the molecule is O=C(O)c1cccnc1C(=O)NCC1CC1. The second kappa shape index (κ2) is 4.30. The molecule has 0 bridgehead atoms. The molecule has 0 radical (unpaired) electrons. The molecule has 1 aromatic rings. The first-order chi connectivity index (χ1) is 7.68. The number of aromatic carboxylic acids is 1. The summed E-state index contributed by atoms with van der Waals surface area (Å²) in [6.07, 6.45) is 3.68. The zero-order chi connectivity index (χ0) is 11.5. The van der Waals surface area contributed by atoms with Gasteiger partial charge in [0, 0.05) is 12.7 Å². The fourth-order valence-electron chi connectivity index (χ4n) is 1.40. The number of nitrogens with zero attached hydrogens (tertiary/aromatic N) is 1. The molecule has 1 saturated carbocycles. The number of hydrogen-bond donors (Lipinski definition) is 2. The Kier molecular flexibility index (Phi) is 2.85. The molecular weight excluding hydrogens is 208 g/mol. The number of carbonyl (C=O) groups is 2. The summed E-state index contributed by atoms with van der Waals surface area (Å²) in [6, 6.07) is 2.88. The zero-order valence-corrected chi connectivity index (χ0v) is 8.64. The van der Waals surface area contributed by atoms with Crippen molar-refractivity contribution in [3.8, 4) is 0 Å². The molecule has 1 fully saturated rings. The lowest BCUT2D eigenvalue weighted by Gasteiger charge is -2.05. The van der Waals surface area contributed by atoms with Crippen LogP contribution in [-0.2, 0) is 0 Å². The van der Waals surface area contributed by atoms with E-state index in [9.17, 15) is 9.59 Å². The number of nitrogens with one attached hydrogen (secondary N) is 1. The lowest BCUT2D eigenvalue weighted by Crippen LogP contribution is -2.28. The Morgan fingerprint density at radius 1 is 1.50 bits per heavy atom. The number of carboxylic acids is 1. The first-order valence-corrected chi connectivity index (χ1v) is 5.15. The van der Waals surface area contributed by atoms with Crippen LogP contribution in [0.2, 0.25) is 0 Å². The lowest BCUT2D eigenvalue weighted by molar-refractivity contribution is 0.0690. The lowest BCUT2D eigenvalue weighted by atomic mass is 10.2. The third kappa shape index (κ3) is 2.36. The van der Waals surface area contributed by atoms with Crippen molar-refractivity contribution in [1.29, 1.82) is 0 Å². The van der Waals surface area contributed by atoms with Gasteiger partial charge < -0.3 is 10.4 Å². The van der Waals surface area contributed by atoms with E-state index in [2.05, 4.69) is 10.3 Å². The summed E-state index contributed by atoms with van der Waals surface area (Å²) in [7, 11) is 0. The fraction of sp³-hybridized carbons (Fsp3) is 0.364. The molecule has 1 aliphatic rings. The molecule has 2 rings (SSSR count). The van der Waals surface area contributed by atoms with Gasteiger partial charge in [0.15, 0.2) is 0 Å². The van der Waals surface area contributed by atoms with Crippen molar-refractivity contribution in [1.82, 2.24) is 10.3 Å². The standard InChI is InChI=1S/C11H12N2O3/c14-10(13-6-7-3-4-7)9-8(11(15)16)2-1-5-12-9/h1-2,5,7H,3-4,6H2,(H,13,14)(H,15,16). The highest BCUT2D eigenvalue weighted by atomic mass is 16.4. The molecule has 84 valence electrons. The normalized spacial score (nSPS) is 14.5. The van der Waals surface area contributed by atoms with Crippen LogP contribution in [0.3, 0.4) is 0 Å². The highest BCUT2D eigenvalue weighted by Gasteiger charge is 2.23. The fourth-order valence-corrected chi connectivity index (χ4v) is 1.40. The van der Waals surface area contributed by atoms with Crippen LogP contribution in [0.5, 0.6) is 0 Å². The van der Waals surface area contributed by atoms with Crippen molar-refractivity contribution in [3.05, 3.63) is 29.6 Å². The highest BCUT2D eigenvalue weighted by molar-refractivity contribution is 6.03. The van der Waals surface area contributed by atoms with Crippen LogP contribution in [-0.4, -0.2) is 28.5 Å². The molecule has 0 spiro atoms. The van der Waals surface area contributed by atoms with E-state index >= 15 is 0 Å². The molecule has 0 atom stereocenters. The molecule has 2 N–H and O–H groups in total. The number of amides is 1. The molecule has 1 heterocycles. The molecule has 1 aromatic heterocycles. The second-order valence-corrected chi connectivity index (χ2v) is 3.86. The van der Waals surface area contributed by atoms with E-state index < -0.39 is 11.9 Å². The molecule has 5 nitrogen and oxygen atoms in total. The van der Waals surface area contributed by atoms with Gasteiger partial charge in [0.25, 0.3) is 5.91 Å². The van der Waals surface area contributed by atoms with Crippen molar-refractivity contribution in [2.45, 2.75) is 12.8 Å². The van der Waals surface area contributed by atoms with E-state index in [1.54, 1.807) is 0 Å². The van der Waals surface area contributed by atoms with Crippen LogP contribution in [0.15, 0.2) is 18.3 Å². The Morgan fingerprint density at radius 3 is 2.88 bits per heavy atom. The Bertz CT molecular complexity index is 427. The number of rotatable bonds is 4. The summed E-state index contributed by atoms with van der Waals surface area (Å²) in [6.45, 7) is 0.606. The summed E-state index contributed by atoms with van der Waals surface area (Å²) >= 11 is 0. The van der Waals surface area contributed by atoms with E-state index in [4.69, 9.17) is 5.11 Å². The maximum Gasteiger partial charge on any atom is 0.338 e. The summed E-state index contributed by atoms with van der Waals surface area (Å²) in [5, 5.41) is 11.6. The second-order valence-electron chi connectivity index (χ2n) is 3.86. The molecule has 5 heteroatoms. The van der Waals surface area contributed by atoms with Gasteiger partial charge in [-0.05, 0) is 30.9 Å². The highest BCUT2D eigenvalue weighted by Crippen LogP contribution is 2.27. The minimum Gasteiger partial charge on any atom is -0.478 e. The maximum atomic E-state index is 11.7. The van der Waals surface area contributed by atoms with Crippen molar-refractivity contribution in [3.63, 3.8) is 0 Å². The first-order valence-electron chi connectivity index (χ1n) is 5.15. The minimum atomic E-state index is -1.13. The van der Waals surface area contributed by atoms with Gasteiger partial charge in [0.05, 0.1) is 5.56 Å². The smallest absolute Gasteiger partial charge is 0.338 e. The number of pyridine rings is 1. The quantitative estimate of drug-likeness (QED) is 0.790. The number of carboxylic acid groups (broad SMARTS) is 1. The van der Waals surface area contributed by atoms with E-state index in [1.165, 1.54) is 18.3 Å². The average Bonchev–Trinajstić information content (AvgIpc) is 3.09. The predicted octanol–water partition coefficient (Wildman–Crippen LogP) is 0.920. The Balaban J connectivity index is 2.11.